The molecule has 1 amide bonds. The van der Waals surface area contributed by atoms with Crippen LogP contribution in [0, 0.1) is 5.92 Å². The molecule has 2 aromatic rings. The Morgan fingerprint density at radius 1 is 1.28 bits per heavy atom. The molecule has 1 aromatic carbocycles. The smallest absolute Gasteiger partial charge is 0.412 e. The lowest BCUT2D eigenvalue weighted by Crippen LogP contribution is -2.46. The summed E-state index contributed by atoms with van der Waals surface area (Å²) >= 11 is 9.70. The molecule has 2 N–H and O–H groups in total. The number of aromatic amines is 1. The van der Waals surface area contributed by atoms with Crippen LogP contribution >= 0.6 is 27.5 Å². The number of carbonyl (C=O) groups is 1. The zero-order valence-corrected chi connectivity index (χ0v) is 17.8. The van der Waals surface area contributed by atoms with Gasteiger partial charge in [-0.2, -0.15) is 0 Å². The fourth-order valence-electron chi connectivity index (χ4n) is 3.31. The van der Waals surface area contributed by atoms with Crippen LogP contribution in [0.5, 0.6) is 5.75 Å². The van der Waals surface area contributed by atoms with E-state index in [-0.39, 0.29) is 16.2 Å². The highest BCUT2D eigenvalue weighted by atomic mass is 79.9. The monoisotopic (exact) mass is 486 g/mol. The molecular weight excluding hydrogens is 468 g/mol. The molecule has 0 radical (unpaired) electrons. The minimum Gasteiger partial charge on any atom is -0.455 e. The summed E-state index contributed by atoms with van der Waals surface area (Å²) in [4.78, 5) is 40.9. The molecule has 1 saturated heterocycles. The number of rotatable bonds is 5. The van der Waals surface area contributed by atoms with Crippen LogP contribution in [0.4, 0.5) is 4.79 Å². The Balaban J connectivity index is 1.62. The number of amides is 1. The summed E-state index contributed by atoms with van der Waals surface area (Å²) in [5.41, 5.74) is -0.653. The molecule has 2 heterocycles. The summed E-state index contributed by atoms with van der Waals surface area (Å²) in [6, 6.07) is 1.64. The average molecular weight is 488 g/mol. The third-order valence-electron chi connectivity index (χ3n) is 5.04. The lowest BCUT2D eigenvalue weighted by molar-refractivity contribution is 0.0335. The van der Waals surface area contributed by atoms with Crippen LogP contribution in [0.2, 0.25) is 5.02 Å². The Kier molecular flexibility index (Phi) is 5.84. The molecule has 1 aromatic heterocycles. The van der Waals surface area contributed by atoms with Crippen molar-refractivity contribution in [2.24, 2.45) is 5.92 Å². The predicted molar refractivity (Wildman–Crippen MR) is 111 cm³/mol. The number of piperazine rings is 1. The summed E-state index contributed by atoms with van der Waals surface area (Å²) in [5.74, 6) is 0.482. The van der Waals surface area contributed by atoms with Gasteiger partial charge in [-0.1, -0.05) is 11.6 Å². The summed E-state index contributed by atoms with van der Waals surface area (Å²) in [6.45, 7) is 2.60. The van der Waals surface area contributed by atoms with Crippen LogP contribution in [0.25, 0.3) is 10.9 Å². The van der Waals surface area contributed by atoms with E-state index in [0.29, 0.717) is 48.6 Å². The molecule has 4 rings (SSSR count). The third kappa shape index (κ3) is 4.29. The molecule has 2 aliphatic rings. The van der Waals surface area contributed by atoms with E-state index in [9.17, 15) is 14.4 Å². The summed E-state index contributed by atoms with van der Waals surface area (Å²) in [6.07, 6.45) is 1.60. The first-order valence-electron chi connectivity index (χ1n) is 9.35. The molecule has 0 spiro atoms. The van der Waals surface area contributed by atoms with E-state index in [1.807, 2.05) is 0 Å². The number of hydrogen-bond acceptors (Lipinski definition) is 6. The van der Waals surface area contributed by atoms with Crippen LogP contribution in [0.15, 0.2) is 20.1 Å². The molecule has 1 saturated carbocycles. The second-order valence-corrected chi connectivity index (χ2v) is 8.35. The van der Waals surface area contributed by atoms with Gasteiger partial charge in [0.2, 0.25) is 6.79 Å². The molecule has 0 unspecified atom stereocenters. The molecule has 1 aliphatic heterocycles. The fraction of sp³-hybridized carbons (Fsp3) is 0.500. The normalized spacial score (nSPS) is 16.8. The maximum atomic E-state index is 12.5. The van der Waals surface area contributed by atoms with Gasteiger partial charge in [0.05, 0.1) is 10.5 Å². The number of nitrogens with one attached hydrogen (secondary N) is 2. The first-order valence-corrected chi connectivity index (χ1v) is 10.5. The quantitative estimate of drug-likeness (QED) is 0.624. The molecular formula is C18H20BrClN4O5. The maximum Gasteiger partial charge on any atom is 0.412 e. The number of H-pyrrole nitrogens is 1. The van der Waals surface area contributed by atoms with Gasteiger partial charge >= 0.3 is 11.8 Å². The van der Waals surface area contributed by atoms with Crippen molar-refractivity contribution in [3.8, 4) is 5.75 Å². The molecule has 156 valence electrons. The van der Waals surface area contributed by atoms with Crippen molar-refractivity contribution < 1.29 is 14.3 Å². The second-order valence-electron chi connectivity index (χ2n) is 7.12. The first-order chi connectivity index (χ1) is 14.0. The van der Waals surface area contributed by atoms with Crippen LogP contribution in [0.1, 0.15) is 12.8 Å². The third-order valence-corrected chi connectivity index (χ3v) is 6.27. The van der Waals surface area contributed by atoms with Crippen molar-refractivity contribution in [3.05, 3.63) is 36.4 Å². The van der Waals surface area contributed by atoms with Crippen LogP contribution in [0.3, 0.4) is 0 Å². The summed E-state index contributed by atoms with van der Waals surface area (Å²) in [5, 5.41) is 3.46. The summed E-state index contributed by atoms with van der Waals surface area (Å²) in [7, 11) is 0. The summed E-state index contributed by atoms with van der Waals surface area (Å²) < 4.78 is 12.8. The molecule has 2 fully saturated rings. The van der Waals surface area contributed by atoms with Gasteiger partial charge in [0.15, 0.2) is 5.75 Å². The predicted octanol–water partition coefficient (Wildman–Crippen LogP) is 1.89. The van der Waals surface area contributed by atoms with E-state index in [2.05, 4.69) is 26.2 Å². The molecule has 29 heavy (non-hydrogen) atoms. The standard InChI is InChI=1S/C18H20BrClN4O5/c19-11-7-12-13(16(25)22-17(26)24(12)8-10-1-2-10)15(14(11)20)28-9-29-18(27)23-5-3-21-4-6-23/h7,10,21H,1-6,8-9H2,(H,22,25,26). The molecule has 1 aliphatic carbocycles. The highest BCUT2D eigenvalue weighted by Gasteiger charge is 2.25. The Hall–Kier alpha value is -2.04. The second kappa shape index (κ2) is 8.37. The van der Waals surface area contributed by atoms with Crippen LogP contribution in [-0.4, -0.2) is 53.5 Å². The van der Waals surface area contributed by atoms with E-state index < -0.39 is 24.1 Å². The topological polar surface area (TPSA) is 106 Å². The van der Waals surface area contributed by atoms with Crippen molar-refractivity contribution in [3.63, 3.8) is 0 Å². The number of hydrogen-bond donors (Lipinski definition) is 2. The van der Waals surface area contributed by atoms with Crippen molar-refractivity contribution in [1.82, 2.24) is 19.8 Å². The van der Waals surface area contributed by atoms with Crippen molar-refractivity contribution in [2.45, 2.75) is 19.4 Å². The molecule has 11 heteroatoms. The SMILES string of the molecule is O=C(OCOc1c(Cl)c(Br)cc2c1c(=O)[nH]c(=O)n2CC1CC1)N1CCNCC1. The minimum absolute atomic E-state index is 0.0648. The Morgan fingerprint density at radius 2 is 2.00 bits per heavy atom. The number of benzene rings is 1. The van der Waals surface area contributed by atoms with Gasteiger partial charge in [-0.3, -0.25) is 14.3 Å². The van der Waals surface area contributed by atoms with E-state index in [1.165, 1.54) is 4.57 Å². The first kappa shape index (κ1) is 20.2. The van der Waals surface area contributed by atoms with Gasteiger partial charge in [0.1, 0.15) is 5.39 Å². The van der Waals surface area contributed by atoms with E-state index in [0.717, 1.165) is 12.8 Å². The molecule has 0 atom stereocenters. The number of nitrogens with zero attached hydrogens (tertiary/aromatic N) is 2. The maximum absolute atomic E-state index is 12.5. The van der Waals surface area contributed by atoms with Crippen LogP contribution in [-0.2, 0) is 11.3 Å². The van der Waals surface area contributed by atoms with Gasteiger partial charge in [0, 0.05) is 37.2 Å². The van der Waals surface area contributed by atoms with Gasteiger partial charge in [0.25, 0.3) is 5.56 Å². The van der Waals surface area contributed by atoms with E-state index in [4.69, 9.17) is 21.1 Å². The molecule has 9 nitrogen and oxygen atoms in total. The molecule has 0 bridgehead atoms. The Bertz CT molecular complexity index is 1060. The zero-order valence-electron chi connectivity index (χ0n) is 15.5. The van der Waals surface area contributed by atoms with Crippen molar-refractivity contribution in [2.75, 3.05) is 33.0 Å². The van der Waals surface area contributed by atoms with E-state index in [1.54, 1.807) is 11.0 Å². The van der Waals surface area contributed by atoms with Gasteiger partial charge in [-0.15, -0.1) is 0 Å². The highest BCUT2D eigenvalue weighted by Crippen LogP contribution is 2.38. The number of halogens is 2. The lowest BCUT2D eigenvalue weighted by atomic mass is 10.2. The highest BCUT2D eigenvalue weighted by molar-refractivity contribution is 9.10. The van der Waals surface area contributed by atoms with Gasteiger partial charge in [-0.25, -0.2) is 9.59 Å². The largest absolute Gasteiger partial charge is 0.455 e. The van der Waals surface area contributed by atoms with Gasteiger partial charge < -0.3 is 19.7 Å². The van der Waals surface area contributed by atoms with Crippen molar-refractivity contribution in [1.29, 1.82) is 0 Å². The zero-order chi connectivity index (χ0) is 20.5. The number of carbonyl (C=O) groups excluding carboxylic acids is 1. The van der Waals surface area contributed by atoms with Gasteiger partial charge in [-0.05, 0) is 40.8 Å². The Labute approximate surface area is 179 Å². The average Bonchev–Trinajstić information content (AvgIpc) is 3.52. The lowest BCUT2D eigenvalue weighted by Gasteiger charge is -2.26. The minimum atomic E-state index is -0.602. The van der Waals surface area contributed by atoms with Crippen molar-refractivity contribution >= 4 is 44.5 Å². The Morgan fingerprint density at radius 3 is 2.69 bits per heavy atom. The number of ether oxygens (including phenoxy) is 2. The van der Waals surface area contributed by atoms with Crippen LogP contribution < -0.4 is 21.3 Å². The number of aromatic nitrogens is 2. The van der Waals surface area contributed by atoms with E-state index >= 15 is 0 Å². The number of fused-ring (bicyclic) bond motifs is 1. The fourth-order valence-corrected chi connectivity index (χ4v) is 3.91.